The normalized spacial score (nSPS) is 28.8. The van der Waals surface area contributed by atoms with Gasteiger partial charge >= 0.3 is 0 Å². The molecule has 0 aromatic rings. The monoisotopic (exact) mass is 225 g/mol. The molecular formula is C13H23NO2. The molecule has 1 heterocycles. The van der Waals surface area contributed by atoms with Gasteiger partial charge in [-0.25, -0.2) is 0 Å². The molecule has 1 saturated heterocycles. The number of rotatable bonds is 3. The van der Waals surface area contributed by atoms with Crippen LogP contribution in [0.5, 0.6) is 0 Å². The quantitative estimate of drug-likeness (QED) is 0.798. The fourth-order valence-corrected chi connectivity index (χ4v) is 2.82. The Hall–Kier alpha value is -0.410. The smallest absolute Gasteiger partial charge is 0.143 e. The summed E-state index contributed by atoms with van der Waals surface area (Å²) in [6, 6.07) is 0. The highest BCUT2D eigenvalue weighted by Gasteiger charge is 2.46. The van der Waals surface area contributed by atoms with Crippen LogP contribution in [-0.4, -0.2) is 24.5 Å². The van der Waals surface area contributed by atoms with E-state index < -0.39 is 0 Å². The molecule has 0 radical (unpaired) electrons. The van der Waals surface area contributed by atoms with Crippen molar-refractivity contribution >= 4 is 5.78 Å². The zero-order chi connectivity index (χ0) is 11.8. The number of Topliss-reactive ketones (excluding diaryl/α,β-unsaturated/α-hetero) is 1. The molecule has 92 valence electrons. The van der Waals surface area contributed by atoms with Crippen molar-refractivity contribution in [2.45, 2.75) is 51.6 Å². The van der Waals surface area contributed by atoms with Gasteiger partial charge in [-0.05, 0) is 32.1 Å². The van der Waals surface area contributed by atoms with Crippen molar-refractivity contribution in [1.29, 1.82) is 0 Å². The predicted molar refractivity (Wildman–Crippen MR) is 63.1 cm³/mol. The van der Waals surface area contributed by atoms with Crippen LogP contribution >= 0.6 is 0 Å². The molecule has 3 heteroatoms. The second kappa shape index (κ2) is 4.11. The van der Waals surface area contributed by atoms with Gasteiger partial charge in [-0.1, -0.05) is 13.8 Å². The fraction of sp³-hybridized carbons (Fsp3) is 0.923. The number of carbonyl (C=O) groups excluding carboxylic acids is 1. The topological polar surface area (TPSA) is 52.3 Å². The molecule has 1 aliphatic heterocycles. The molecule has 2 N–H and O–H groups in total. The van der Waals surface area contributed by atoms with Crippen LogP contribution < -0.4 is 5.73 Å². The lowest BCUT2D eigenvalue weighted by Gasteiger charge is -2.47. The molecule has 1 atom stereocenters. The minimum absolute atomic E-state index is 0.0588. The second-order valence-electron chi connectivity index (χ2n) is 6.03. The van der Waals surface area contributed by atoms with Crippen molar-refractivity contribution < 1.29 is 9.53 Å². The summed E-state index contributed by atoms with van der Waals surface area (Å²) < 4.78 is 5.84. The summed E-state index contributed by atoms with van der Waals surface area (Å²) >= 11 is 0. The van der Waals surface area contributed by atoms with E-state index >= 15 is 0 Å². The summed E-state index contributed by atoms with van der Waals surface area (Å²) in [6.07, 6.45) is 5.33. The lowest BCUT2D eigenvalue weighted by Crippen LogP contribution is -2.49. The minimum Gasteiger partial charge on any atom is -0.375 e. The van der Waals surface area contributed by atoms with Gasteiger partial charge in [0.25, 0.3) is 0 Å². The number of hydrogen-bond donors (Lipinski definition) is 1. The molecule has 3 nitrogen and oxygen atoms in total. The van der Waals surface area contributed by atoms with Gasteiger partial charge < -0.3 is 10.5 Å². The number of ketones is 1. The third kappa shape index (κ3) is 2.03. The van der Waals surface area contributed by atoms with Gasteiger partial charge in [-0.3, -0.25) is 4.79 Å². The Labute approximate surface area is 97.7 Å². The summed E-state index contributed by atoms with van der Waals surface area (Å²) in [6.45, 7) is 5.10. The number of hydrogen-bond acceptors (Lipinski definition) is 3. The minimum atomic E-state index is -0.368. The van der Waals surface area contributed by atoms with Crippen LogP contribution in [0.25, 0.3) is 0 Å². The molecule has 16 heavy (non-hydrogen) atoms. The molecule has 2 fully saturated rings. The number of carbonyl (C=O) groups is 1. The summed E-state index contributed by atoms with van der Waals surface area (Å²) in [5, 5.41) is 0. The third-order valence-electron chi connectivity index (χ3n) is 4.31. The molecule has 2 rings (SSSR count). The lowest BCUT2D eigenvalue weighted by molar-refractivity contribution is -0.160. The predicted octanol–water partition coefficient (Wildman–Crippen LogP) is 1.89. The molecule has 0 aromatic heterocycles. The van der Waals surface area contributed by atoms with E-state index in [4.69, 9.17) is 10.5 Å². The number of nitrogens with two attached hydrogens (primary N) is 1. The standard InChI is InChI=1S/C13H23NO2/c1-12(2,9-14)11(15)10-4-7-16-13(8-10)5-3-6-13/h10H,3-9,14H2,1-2H3. The Morgan fingerprint density at radius 3 is 2.69 bits per heavy atom. The van der Waals surface area contributed by atoms with Gasteiger partial charge in [0.05, 0.1) is 5.60 Å². The van der Waals surface area contributed by atoms with Crippen LogP contribution in [0.2, 0.25) is 0 Å². The maximum atomic E-state index is 12.3. The van der Waals surface area contributed by atoms with E-state index in [0.29, 0.717) is 12.3 Å². The SMILES string of the molecule is CC(C)(CN)C(=O)C1CCOC2(CCC2)C1. The van der Waals surface area contributed by atoms with Crippen LogP contribution in [0.1, 0.15) is 46.0 Å². The van der Waals surface area contributed by atoms with E-state index in [1.807, 2.05) is 13.8 Å². The van der Waals surface area contributed by atoms with Crippen LogP contribution in [0.15, 0.2) is 0 Å². The first kappa shape index (κ1) is 12.1. The van der Waals surface area contributed by atoms with E-state index in [1.54, 1.807) is 0 Å². The van der Waals surface area contributed by atoms with Crippen molar-refractivity contribution in [3.05, 3.63) is 0 Å². The highest BCUT2D eigenvalue weighted by molar-refractivity contribution is 5.86. The van der Waals surface area contributed by atoms with Gasteiger partial charge in [0.1, 0.15) is 5.78 Å². The first-order valence-corrected chi connectivity index (χ1v) is 6.37. The molecule has 2 aliphatic rings. The summed E-state index contributed by atoms with van der Waals surface area (Å²) in [4.78, 5) is 12.3. The van der Waals surface area contributed by atoms with E-state index in [-0.39, 0.29) is 16.9 Å². The highest BCUT2D eigenvalue weighted by atomic mass is 16.5. The molecule has 1 spiro atoms. The Bertz CT molecular complexity index is 282. The largest absolute Gasteiger partial charge is 0.375 e. The summed E-state index contributed by atoms with van der Waals surface area (Å²) in [5.41, 5.74) is 5.37. The Kier molecular flexibility index (Phi) is 3.10. The van der Waals surface area contributed by atoms with Crippen LogP contribution in [0.3, 0.4) is 0 Å². The maximum Gasteiger partial charge on any atom is 0.143 e. The average Bonchev–Trinajstić information content (AvgIpc) is 2.26. The highest BCUT2D eigenvalue weighted by Crippen LogP contribution is 2.45. The molecule has 1 unspecified atom stereocenters. The fourth-order valence-electron chi connectivity index (χ4n) is 2.82. The molecule has 1 saturated carbocycles. The van der Waals surface area contributed by atoms with E-state index in [1.165, 1.54) is 6.42 Å². The molecule has 0 bridgehead atoms. The summed E-state index contributed by atoms with van der Waals surface area (Å²) in [5.74, 6) is 0.511. The van der Waals surface area contributed by atoms with E-state index in [2.05, 4.69) is 0 Å². The second-order valence-corrected chi connectivity index (χ2v) is 6.03. The average molecular weight is 225 g/mol. The van der Waals surface area contributed by atoms with E-state index in [0.717, 1.165) is 32.3 Å². The summed E-state index contributed by atoms with van der Waals surface area (Å²) in [7, 11) is 0. The first-order valence-electron chi connectivity index (χ1n) is 6.37. The van der Waals surface area contributed by atoms with Gasteiger partial charge in [-0.15, -0.1) is 0 Å². The molecule has 0 aromatic carbocycles. The van der Waals surface area contributed by atoms with Gasteiger partial charge in [0.2, 0.25) is 0 Å². The maximum absolute atomic E-state index is 12.3. The van der Waals surface area contributed by atoms with Crippen molar-refractivity contribution in [2.24, 2.45) is 17.1 Å². The van der Waals surface area contributed by atoms with Crippen molar-refractivity contribution in [1.82, 2.24) is 0 Å². The third-order valence-corrected chi connectivity index (χ3v) is 4.31. The van der Waals surface area contributed by atoms with Crippen LogP contribution in [-0.2, 0) is 9.53 Å². The molecular weight excluding hydrogens is 202 g/mol. The number of ether oxygens (including phenoxy) is 1. The molecule has 0 amide bonds. The van der Waals surface area contributed by atoms with Crippen molar-refractivity contribution in [2.75, 3.05) is 13.2 Å². The zero-order valence-corrected chi connectivity index (χ0v) is 10.4. The lowest BCUT2D eigenvalue weighted by atomic mass is 9.68. The van der Waals surface area contributed by atoms with Gasteiger partial charge in [-0.2, -0.15) is 0 Å². The van der Waals surface area contributed by atoms with Crippen molar-refractivity contribution in [3.63, 3.8) is 0 Å². The zero-order valence-electron chi connectivity index (χ0n) is 10.4. The van der Waals surface area contributed by atoms with E-state index in [9.17, 15) is 4.79 Å². The Morgan fingerprint density at radius 2 is 2.19 bits per heavy atom. The van der Waals surface area contributed by atoms with Crippen LogP contribution in [0, 0.1) is 11.3 Å². The van der Waals surface area contributed by atoms with Crippen molar-refractivity contribution in [3.8, 4) is 0 Å². The Balaban J connectivity index is 2.02. The van der Waals surface area contributed by atoms with Gasteiger partial charge in [0.15, 0.2) is 0 Å². The van der Waals surface area contributed by atoms with Crippen LogP contribution in [0.4, 0.5) is 0 Å². The van der Waals surface area contributed by atoms with Gasteiger partial charge in [0, 0.05) is 24.5 Å². The first-order chi connectivity index (χ1) is 7.49. The molecule has 1 aliphatic carbocycles. The Morgan fingerprint density at radius 1 is 1.50 bits per heavy atom.